The lowest BCUT2D eigenvalue weighted by molar-refractivity contribution is -0.131. The van der Waals surface area contributed by atoms with Crippen molar-refractivity contribution in [2.75, 3.05) is 13.7 Å². The Bertz CT molecular complexity index is 704. The summed E-state index contributed by atoms with van der Waals surface area (Å²) in [5, 5.41) is 8.74. The molecule has 0 amide bonds. The molecule has 2 rings (SSSR count). The summed E-state index contributed by atoms with van der Waals surface area (Å²) in [7, 11) is -2.60. The van der Waals surface area contributed by atoms with Crippen LogP contribution in [0.1, 0.15) is 0 Å². The van der Waals surface area contributed by atoms with Gasteiger partial charge in [0.05, 0.1) is 12.8 Å². The third kappa shape index (κ3) is 2.97. The van der Waals surface area contributed by atoms with E-state index >= 15 is 0 Å². The molecule has 1 aliphatic heterocycles. The second kappa shape index (κ2) is 5.33. The quantitative estimate of drug-likeness (QED) is 0.863. The van der Waals surface area contributed by atoms with Crippen LogP contribution in [0.25, 0.3) is 0 Å². The Balaban J connectivity index is 2.10. The topological polar surface area (TPSA) is 102 Å². The molecule has 1 aliphatic rings. The first kappa shape index (κ1) is 14.1. The van der Waals surface area contributed by atoms with Crippen molar-refractivity contribution in [2.45, 2.75) is 0 Å². The minimum atomic E-state index is -4.11. The maximum atomic E-state index is 11.4. The summed E-state index contributed by atoms with van der Waals surface area (Å²) in [6.45, 7) is -0.150. The summed E-state index contributed by atoms with van der Waals surface area (Å²) in [5.74, 6) is -0.489. The van der Waals surface area contributed by atoms with Crippen LogP contribution in [0.3, 0.4) is 0 Å². The average Bonchev–Trinajstić information content (AvgIpc) is 2.72. The van der Waals surface area contributed by atoms with Crippen LogP contribution in [-0.4, -0.2) is 38.9 Å². The van der Waals surface area contributed by atoms with Gasteiger partial charge in [-0.05, 0) is 18.2 Å². The van der Waals surface area contributed by atoms with Gasteiger partial charge in [0.25, 0.3) is 10.0 Å². The first-order valence-electron chi connectivity index (χ1n) is 5.48. The van der Waals surface area contributed by atoms with Crippen LogP contribution in [0.5, 0.6) is 11.5 Å². The fraction of sp³-hybridized carbons (Fsp3) is 0.167. The summed E-state index contributed by atoms with van der Waals surface area (Å²) >= 11 is 0. The minimum absolute atomic E-state index is 0.0326. The number of ether oxygens (including phenoxy) is 2. The van der Waals surface area contributed by atoms with E-state index in [-0.39, 0.29) is 12.3 Å². The molecule has 0 saturated heterocycles. The molecule has 0 saturated carbocycles. The molecule has 0 spiro atoms. The van der Waals surface area contributed by atoms with Crippen LogP contribution in [-0.2, 0) is 14.8 Å². The lowest BCUT2D eigenvalue weighted by atomic mass is 10.3. The molecule has 0 aliphatic carbocycles. The number of methoxy groups -OCH3 is 1. The van der Waals surface area contributed by atoms with Gasteiger partial charge in [-0.2, -0.15) is 12.8 Å². The van der Waals surface area contributed by atoms with Crippen molar-refractivity contribution in [3.8, 4) is 11.5 Å². The highest BCUT2D eigenvalue weighted by atomic mass is 32.2. The van der Waals surface area contributed by atoms with Gasteiger partial charge in [-0.1, -0.05) is 6.07 Å². The van der Waals surface area contributed by atoms with Gasteiger partial charge in [0.15, 0.2) is 4.91 Å². The van der Waals surface area contributed by atoms with E-state index < -0.39 is 20.9 Å². The first-order chi connectivity index (χ1) is 9.42. The smallest absolute Gasteiger partial charge is 0.349 e. The second-order valence-electron chi connectivity index (χ2n) is 3.84. The molecule has 0 bridgehead atoms. The van der Waals surface area contributed by atoms with E-state index in [9.17, 15) is 13.2 Å². The molecular weight excluding hydrogens is 286 g/mol. The third-order valence-electron chi connectivity index (χ3n) is 2.45. The maximum Gasteiger partial charge on any atom is 0.349 e. The summed E-state index contributed by atoms with van der Waals surface area (Å²) in [6.07, 6.45) is 0.984. The van der Waals surface area contributed by atoms with Crippen LogP contribution in [0.15, 0.2) is 39.6 Å². The Morgan fingerprint density at radius 2 is 2.05 bits per heavy atom. The van der Waals surface area contributed by atoms with Gasteiger partial charge in [0.2, 0.25) is 0 Å². The zero-order valence-electron chi connectivity index (χ0n) is 10.4. The van der Waals surface area contributed by atoms with Crippen molar-refractivity contribution in [3.05, 3.63) is 35.2 Å². The monoisotopic (exact) mass is 297 g/mol. The Labute approximate surface area is 115 Å². The van der Waals surface area contributed by atoms with E-state index in [0.29, 0.717) is 11.5 Å². The van der Waals surface area contributed by atoms with Crippen molar-refractivity contribution in [2.24, 2.45) is 4.40 Å². The molecule has 20 heavy (non-hydrogen) atoms. The van der Waals surface area contributed by atoms with Gasteiger partial charge < -0.3 is 14.6 Å². The number of carboxylic acids is 1. The molecule has 0 unspecified atom stereocenters. The van der Waals surface area contributed by atoms with Crippen molar-refractivity contribution in [1.82, 2.24) is 0 Å². The summed E-state index contributed by atoms with van der Waals surface area (Å²) < 4.78 is 36.5. The third-order valence-corrected chi connectivity index (χ3v) is 3.77. The highest BCUT2D eigenvalue weighted by molar-refractivity contribution is 7.95. The number of benzene rings is 1. The fourth-order valence-corrected chi connectivity index (χ4v) is 2.56. The van der Waals surface area contributed by atoms with Crippen LogP contribution in [0.2, 0.25) is 0 Å². The molecule has 0 atom stereocenters. The zero-order chi connectivity index (χ0) is 14.8. The number of rotatable bonds is 5. The first-order valence-corrected chi connectivity index (χ1v) is 6.92. The molecule has 1 aromatic rings. The highest BCUT2D eigenvalue weighted by Crippen LogP contribution is 2.21. The lowest BCUT2D eigenvalue weighted by Gasteiger charge is -2.06. The highest BCUT2D eigenvalue weighted by Gasteiger charge is 2.30. The van der Waals surface area contributed by atoms with Crippen molar-refractivity contribution in [3.63, 3.8) is 0 Å². The van der Waals surface area contributed by atoms with Crippen LogP contribution >= 0.6 is 0 Å². The Morgan fingerprint density at radius 3 is 2.65 bits per heavy atom. The van der Waals surface area contributed by atoms with Gasteiger partial charge in [0, 0.05) is 6.07 Å². The Kier molecular flexibility index (Phi) is 3.75. The van der Waals surface area contributed by atoms with E-state index in [2.05, 4.69) is 4.40 Å². The van der Waals surface area contributed by atoms with Crippen LogP contribution in [0, 0.1) is 0 Å². The minimum Gasteiger partial charge on any atom is -0.497 e. The summed E-state index contributed by atoms with van der Waals surface area (Å²) in [6, 6.07) is 6.72. The number of carboxylic acid groups (broad SMARTS) is 1. The molecular formula is C12H11NO6S. The van der Waals surface area contributed by atoms with Crippen LogP contribution in [0.4, 0.5) is 0 Å². The number of aliphatic carboxylic acids is 1. The van der Waals surface area contributed by atoms with E-state index in [0.717, 1.165) is 6.08 Å². The molecule has 1 N–H and O–H groups in total. The van der Waals surface area contributed by atoms with E-state index in [1.165, 1.54) is 7.11 Å². The molecule has 1 heterocycles. The number of hydrogen-bond donors (Lipinski definition) is 1. The van der Waals surface area contributed by atoms with E-state index in [1.807, 2.05) is 0 Å². The Hall–Kier alpha value is -2.35. The predicted octanol–water partition coefficient (Wildman–Crippen LogP) is 0.827. The zero-order valence-corrected chi connectivity index (χ0v) is 11.3. The predicted molar refractivity (Wildman–Crippen MR) is 70.6 cm³/mol. The number of nitrogens with zero attached hydrogens (tertiary/aromatic N) is 1. The molecule has 0 fully saturated rings. The van der Waals surface area contributed by atoms with Gasteiger partial charge in [-0.15, -0.1) is 0 Å². The number of carbonyl (C=O) groups is 1. The van der Waals surface area contributed by atoms with Gasteiger partial charge in [-0.3, -0.25) is 0 Å². The summed E-state index contributed by atoms with van der Waals surface area (Å²) in [4.78, 5) is 9.99. The van der Waals surface area contributed by atoms with E-state index in [4.69, 9.17) is 14.6 Å². The van der Waals surface area contributed by atoms with Gasteiger partial charge in [-0.25, -0.2) is 4.79 Å². The number of hydrogen-bond acceptors (Lipinski definition) is 5. The maximum absolute atomic E-state index is 11.4. The standard InChI is InChI=1S/C12H11NO6S/c1-18-9-3-2-4-10(6-9)19-7-8-5-11(12(14)15)20(16,17)13-8/h2-6H,7H2,1H3,(H,14,15). The van der Waals surface area contributed by atoms with Crippen molar-refractivity contribution < 1.29 is 27.8 Å². The molecule has 0 aromatic heterocycles. The fourth-order valence-electron chi connectivity index (χ4n) is 1.54. The second-order valence-corrected chi connectivity index (χ2v) is 5.41. The van der Waals surface area contributed by atoms with Crippen LogP contribution < -0.4 is 9.47 Å². The molecule has 0 radical (unpaired) electrons. The lowest BCUT2D eigenvalue weighted by Crippen LogP contribution is -2.07. The van der Waals surface area contributed by atoms with Gasteiger partial charge >= 0.3 is 5.97 Å². The normalized spacial score (nSPS) is 16.2. The molecule has 1 aromatic carbocycles. The Morgan fingerprint density at radius 1 is 1.35 bits per heavy atom. The number of sulfonamides is 1. The summed E-state index contributed by atoms with van der Waals surface area (Å²) in [5.41, 5.74) is 0.0326. The van der Waals surface area contributed by atoms with Crippen molar-refractivity contribution >= 4 is 21.7 Å². The molecule has 7 nitrogen and oxygen atoms in total. The molecule has 8 heteroatoms. The average molecular weight is 297 g/mol. The van der Waals surface area contributed by atoms with Crippen molar-refractivity contribution in [1.29, 1.82) is 0 Å². The van der Waals surface area contributed by atoms with Gasteiger partial charge in [0.1, 0.15) is 18.1 Å². The SMILES string of the molecule is COc1cccc(OCC2=NS(=O)(=O)C(C(=O)O)=C2)c1. The van der Waals surface area contributed by atoms with E-state index in [1.54, 1.807) is 24.3 Å². The largest absolute Gasteiger partial charge is 0.497 e. The molecule has 106 valence electrons.